The van der Waals surface area contributed by atoms with E-state index in [1.807, 2.05) is 26.0 Å². The first-order chi connectivity index (χ1) is 8.33. The molecule has 18 heavy (non-hydrogen) atoms. The molecule has 1 aromatic rings. The first-order valence-corrected chi connectivity index (χ1v) is 8.44. The van der Waals surface area contributed by atoms with Crippen LogP contribution in [-0.2, 0) is 10.0 Å². The fourth-order valence-electron chi connectivity index (χ4n) is 1.77. The Bertz CT molecular complexity index is 498. The van der Waals surface area contributed by atoms with Crippen LogP contribution < -0.4 is 4.72 Å². The number of hydrogen-bond acceptors (Lipinski definition) is 2. The summed E-state index contributed by atoms with van der Waals surface area (Å²) in [6.45, 7) is 6.31. The Kier molecular flexibility index (Phi) is 5.82. The molecule has 1 atom stereocenters. The van der Waals surface area contributed by atoms with Gasteiger partial charge in [0.15, 0.2) is 0 Å². The van der Waals surface area contributed by atoms with E-state index < -0.39 is 10.0 Å². The Balaban J connectivity index is 2.69. The molecular formula is C13H20BrNO2S. The Morgan fingerprint density at radius 3 is 2.56 bits per heavy atom. The fourth-order valence-corrected chi connectivity index (χ4v) is 3.39. The second kappa shape index (κ2) is 6.68. The Hall–Kier alpha value is -0.390. The average molecular weight is 334 g/mol. The van der Waals surface area contributed by atoms with Crippen molar-refractivity contribution in [3.8, 4) is 0 Å². The molecule has 1 aromatic carbocycles. The van der Waals surface area contributed by atoms with Gasteiger partial charge in [0.25, 0.3) is 0 Å². The van der Waals surface area contributed by atoms with Gasteiger partial charge in [-0.2, -0.15) is 0 Å². The van der Waals surface area contributed by atoms with E-state index in [2.05, 4.69) is 27.6 Å². The third-order valence-electron chi connectivity index (χ3n) is 2.69. The smallest absolute Gasteiger partial charge is 0.211 e. The van der Waals surface area contributed by atoms with Crippen LogP contribution in [0.15, 0.2) is 23.1 Å². The maximum Gasteiger partial charge on any atom is 0.240 e. The number of benzene rings is 1. The van der Waals surface area contributed by atoms with E-state index in [1.165, 1.54) is 0 Å². The maximum atomic E-state index is 12.1. The molecule has 1 unspecified atom stereocenters. The van der Waals surface area contributed by atoms with Gasteiger partial charge >= 0.3 is 0 Å². The summed E-state index contributed by atoms with van der Waals surface area (Å²) in [6.07, 6.45) is 1.78. The molecule has 0 aliphatic carbocycles. The zero-order valence-electron chi connectivity index (χ0n) is 11.0. The van der Waals surface area contributed by atoms with E-state index in [0.717, 1.165) is 24.0 Å². The van der Waals surface area contributed by atoms with E-state index in [0.29, 0.717) is 16.3 Å². The summed E-state index contributed by atoms with van der Waals surface area (Å²) in [5.41, 5.74) is 1.86. The van der Waals surface area contributed by atoms with Crippen LogP contribution in [0.25, 0.3) is 0 Å². The van der Waals surface area contributed by atoms with Crippen LogP contribution >= 0.6 is 15.9 Å². The molecule has 5 heteroatoms. The molecule has 0 saturated heterocycles. The molecule has 0 fully saturated rings. The van der Waals surface area contributed by atoms with Crippen LogP contribution in [0, 0.1) is 13.8 Å². The van der Waals surface area contributed by atoms with Gasteiger partial charge in [0.2, 0.25) is 10.0 Å². The average Bonchev–Trinajstić information content (AvgIpc) is 2.23. The molecule has 0 amide bonds. The lowest BCUT2D eigenvalue weighted by Gasteiger charge is -2.10. The highest BCUT2D eigenvalue weighted by molar-refractivity contribution is 9.09. The van der Waals surface area contributed by atoms with E-state index in [4.69, 9.17) is 0 Å². The van der Waals surface area contributed by atoms with Crippen LogP contribution in [0.1, 0.15) is 30.9 Å². The summed E-state index contributed by atoms with van der Waals surface area (Å²) in [6, 6.07) is 5.37. The molecule has 0 aliphatic heterocycles. The van der Waals surface area contributed by atoms with Gasteiger partial charge in [-0.25, -0.2) is 13.1 Å². The zero-order valence-corrected chi connectivity index (χ0v) is 13.4. The number of aryl methyl sites for hydroxylation is 2. The first kappa shape index (κ1) is 15.7. The van der Waals surface area contributed by atoms with Crippen molar-refractivity contribution in [1.29, 1.82) is 0 Å². The van der Waals surface area contributed by atoms with Crippen molar-refractivity contribution in [3.63, 3.8) is 0 Å². The van der Waals surface area contributed by atoms with Crippen molar-refractivity contribution in [1.82, 2.24) is 4.72 Å². The number of alkyl halides is 1. The van der Waals surface area contributed by atoms with E-state index in [9.17, 15) is 8.42 Å². The minimum absolute atomic E-state index is 0.375. The maximum absolute atomic E-state index is 12.1. The Morgan fingerprint density at radius 2 is 2.00 bits per heavy atom. The second-order valence-corrected chi connectivity index (χ2v) is 7.89. The van der Waals surface area contributed by atoms with Gasteiger partial charge in [0, 0.05) is 11.4 Å². The molecule has 0 heterocycles. The van der Waals surface area contributed by atoms with Crippen LogP contribution in [0.4, 0.5) is 0 Å². The quantitative estimate of drug-likeness (QED) is 0.642. The summed E-state index contributed by atoms with van der Waals surface area (Å²) in [5, 5.41) is 0. The van der Waals surface area contributed by atoms with Gasteiger partial charge in [-0.3, -0.25) is 0 Å². The van der Waals surface area contributed by atoms with E-state index in [1.54, 1.807) is 6.07 Å². The Morgan fingerprint density at radius 1 is 1.33 bits per heavy atom. The van der Waals surface area contributed by atoms with E-state index >= 15 is 0 Å². The van der Waals surface area contributed by atoms with Gasteiger partial charge in [-0.05, 0) is 38.3 Å². The van der Waals surface area contributed by atoms with Crippen LogP contribution in [0.3, 0.4) is 0 Å². The second-order valence-electron chi connectivity index (χ2n) is 4.59. The van der Waals surface area contributed by atoms with Crippen molar-refractivity contribution in [2.45, 2.75) is 43.3 Å². The lowest BCUT2D eigenvalue weighted by molar-refractivity contribution is 0.576. The zero-order chi connectivity index (χ0) is 13.8. The number of hydrogen-bond donors (Lipinski definition) is 1. The largest absolute Gasteiger partial charge is 0.240 e. The van der Waals surface area contributed by atoms with Gasteiger partial charge in [-0.15, -0.1) is 0 Å². The van der Waals surface area contributed by atoms with Gasteiger partial charge in [-0.1, -0.05) is 40.5 Å². The topological polar surface area (TPSA) is 46.2 Å². The number of rotatable bonds is 6. The normalized spacial score (nSPS) is 13.6. The highest BCUT2D eigenvalue weighted by Crippen LogP contribution is 2.16. The van der Waals surface area contributed by atoms with Gasteiger partial charge in [0.1, 0.15) is 0 Å². The lowest BCUT2D eigenvalue weighted by atomic mass is 10.2. The van der Waals surface area contributed by atoms with Crippen molar-refractivity contribution in [2.75, 3.05) is 6.54 Å². The molecule has 102 valence electrons. The summed E-state index contributed by atoms with van der Waals surface area (Å²) < 4.78 is 26.8. The molecule has 0 aliphatic rings. The van der Waals surface area contributed by atoms with Crippen LogP contribution in [0.2, 0.25) is 0 Å². The Labute approximate surface area is 118 Å². The summed E-state index contributed by atoms with van der Waals surface area (Å²) in [5.74, 6) is 0. The summed E-state index contributed by atoms with van der Waals surface area (Å²) >= 11 is 3.44. The summed E-state index contributed by atoms with van der Waals surface area (Å²) in [7, 11) is -3.37. The minimum atomic E-state index is -3.37. The highest BCUT2D eigenvalue weighted by atomic mass is 79.9. The van der Waals surface area contributed by atoms with Gasteiger partial charge in [0.05, 0.1) is 4.90 Å². The molecule has 1 rings (SSSR count). The molecule has 0 radical (unpaired) electrons. The SMILES string of the molecule is Cc1ccc(S(=O)(=O)NCCCC(C)Br)c(C)c1. The molecule has 0 aromatic heterocycles. The van der Waals surface area contributed by atoms with Crippen LogP contribution in [-0.4, -0.2) is 19.8 Å². The number of sulfonamides is 1. The number of nitrogens with one attached hydrogen (secondary N) is 1. The van der Waals surface area contributed by atoms with Gasteiger partial charge < -0.3 is 0 Å². The standard InChI is InChI=1S/C13H20BrNO2S/c1-10-6-7-13(11(2)9-10)18(16,17)15-8-4-5-12(3)14/h6-7,9,12,15H,4-5,8H2,1-3H3. The van der Waals surface area contributed by atoms with Crippen molar-refractivity contribution >= 4 is 26.0 Å². The fraction of sp³-hybridized carbons (Fsp3) is 0.538. The lowest BCUT2D eigenvalue weighted by Crippen LogP contribution is -2.25. The molecule has 0 saturated carbocycles. The predicted molar refractivity (Wildman–Crippen MR) is 78.7 cm³/mol. The molecular weight excluding hydrogens is 314 g/mol. The predicted octanol–water partition coefficient (Wildman–Crippen LogP) is 3.15. The van der Waals surface area contributed by atoms with Crippen molar-refractivity contribution in [3.05, 3.63) is 29.3 Å². The third kappa shape index (κ3) is 4.71. The molecule has 0 bridgehead atoms. The first-order valence-electron chi connectivity index (χ1n) is 6.04. The van der Waals surface area contributed by atoms with Crippen molar-refractivity contribution < 1.29 is 8.42 Å². The highest BCUT2D eigenvalue weighted by Gasteiger charge is 2.15. The summed E-state index contributed by atoms with van der Waals surface area (Å²) in [4.78, 5) is 0.795. The molecule has 0 spiro atoms. The molecule has 3 nitrogen and oxygen atoms in total. The number of halogens is 1. The molecule has 1 N–H and O–H groups in total. The van der Waals surface area contributed by atoms with Crippen LogP contribution in [0.5, 0.6) is 0 Å². The van der Waals surface area contributed by atoms with Crippen molar-refractivity contribution in [2.24, 2.45) is 0 Å². The third-order valence-corrected chi connectivity index (χ3v) is 4.77. The minimum Gasteiger partial charge on any atom is -0.211 e. The van der Waals surface area contributed by atoms with E-state index in [-0.39, 0.29) is 0 Å². The monoisotopic (exact) mass is 333 g/mol.